The Morgan fingerprint density at radius 1 is 0.833 bits per heavy atom. The van der Waals surface area contributed by atoms with Crippen molar-refractivity contribution in [2.75, 3.05) is 31.1 Å². The first kappa shape index (κ1) is 20.3. The van der Waals surface area contributed by atoms with Gasteiger partial charge in [0.15, 0.2) is 0 Å². The van der Waals surface area contributed by atoms with Gasteiger partial charge in [-0.05, 0) is 47.5 Å². The summed E-state index contributed by atoms with van der Waals surface area (Å²) >= 11 is 0. The second-order valence-corrected chi connectivity index (χ2v) is 7.40. The highest BCUT2D eigenvalue weighted by Gasteiger charge is 2.31. The fraction of sp³-hybridized carbons (Fsp3) is 0.261. The van der Waals surface area contributed by atoms with Crippen LogP contribution in [0.15, 0.2) is 67.0 Å². The molecule has 0 spiro atoms. The molecule has 2 heterocycles. The molecule has 156 valence electrons. The van der Waals surface area contributed by atoms with E-state index in [0.717, 1.165) is 35.8 Å². The first-order chi connectivity index (χ1) is 14.4. The molecular formula is C23H21F4N3. The van der Waals surface area contributed by atoms with Gasteiger partial charge in [0.2, 0.25) is 0 Å². The second kappa shape index (κ2) is 8.44. The summed E-state index contributed by atoms with van der Waals surface area (Å²) in [5.74, 6) is -0.276. The van der Waals surface area contributed by atoms with Crippen molar-refractivity contribution in [3.8, 4) is 11.1 Å². The van der Waals surface area contributed by atoms with Gasteiger partial charge < -0.3 is 4.90 Å². The molecule has 1 aliphatic rings. The molecule has 2 aromatic carbocycles. The van der Waals surface area contributed by atoms with Crippen LogP contribution in [0.4, 0.5) is 23.2 Å². The van der Waals surface area contributed by atoms with E-state index in [0.29, 0.717) is 25.3 Å². The third kappa shape index (κ3) is 4.79. The third-order valence-corrected chi connectivity index (χ3v) is 5.29. The molecule has 0 N–H and O–H groups in total. The molecule has 3 aromatic rings. The number of benzene rings is 2. The number of aromatic nitrogens is 1. The molecule has 0 atom stereocenters. The lowest BCUT2D eigenvalue weighted by atomic mass is 10.1. The van der Waals surface area contributed by atoms with Crippen LogP contribution in [0.5, 0.6) is 0 Å². The Morgan fingerprint density at radius 3 is 2.27 bits per heavy atom. The topological polar surface area (TPSA) is 19.4 Å². The highest BCUT2D eigenvalue weighted by atomic mass is 19.4. The lowest BCUT2D eigenvalue weighted by Gasteiger charge is -2.36. The van der Waals surface area contributed by atoms with Crippen LogP contribution in [-0.4, -0.2) is 36.1 Å². The van der Waals surface area contributed by atoms with Crippen molar-refractivity contribution in [3.63, 3.8) is 0 Å². The molecule has 0 radical (unpaired) electrons. The Balaban J connectivity index is 1.39. The van der Waals surface area contributed by atoms with Gasteiger partial charge in [0, 0.05) is 56.4 Å². The molecule has 0 unspecified atom stereocenters. The Kier molecular flexibility index (Phi) is 5.72. The predicted octanol–water partition coefficient (Wildman–Crippen LogP) is 5.23. The van der Waals surface area contributed by atoms with Gasteiger partial charge in [-0.25, -0.2) is 4.39 Å². The number of pyridine rings is 1. The van der Waals surface area contributed by atoms with Crippen LogP contribution in [0.1, 0.15) is 11.1 Å². The minimum absolute atomic E-state index is 0.276. The van der Waals surface area contributed by atoms with E-state index in [2.05, 4.69) is 9.88 Å². The monoisotopic (exact) mass is 415 g/mol. The van der Waals surface area contributed by atoms with E-state index >= 15 is 0 Å². The molecule has 7 heteroatoms. The summed E-state index contributed by atoms with van der Waals surface area (Å²) in [6.45, 7) is 3.52. The Hall–Kier alpha value is -2.93. The van der Waals surface area contributed by atoms with Crippen LogP contribution in [0, 0.1) is 5.82 Å². The molecule has 0 bridgehead atoms. The van der Waals surface area contributed by atoms with Crippen molar-refractivity contribution in [1.29, 1.82) is 0 Å². The van der Waals surface area contributed by atoms with Crippen molar-refractivity contribution in [3.05, 3.63) is 83.9 Å². The van der Waals surface area contributed by atoms with E-state index in [1.54, 1.807) is 24.4 Å². The smallest absolute Gasteiger partial charge is 0.369 e. The van der Waals surface area contributed by atoms with Crippen LogP contribution in [0.2, 0.25) is 0 Å². The lowest BCUT2D eigenvalue weighted by Crippen LogP contribution is -2.46. The number of hydrogen-bond acceptors (Lipinski definition) is 3. The summed E-state index contributed by atoms with van der Waals surface area (Å²) in [5.41, 5.74) is 2.86. The maximum atomic E-state index is 13.1. The van der Waals surface area contributed by atoms with Crippen LogP contribution in [0.3, 0.4) is 0 Å². The van der Waals surface area contributed by atoms with Gasteiger partial charge in [0.05, 0.1) is 5.56 Å². The Labute approximate surface area is 172 Å². The number of rotatable bonds is 4. The fourth-order valence-electron chi connectivity index (χ4n) is 3.68. The normalized spacial score (nSPS) is 15.4. The summed E-state index contributed by atoms with van der Waals surface area (Å²) in [5, 5.41) is 0. The average molecular weight is 415 g/mol. The summed E-state index contributed by atoms with van der Waals surface area (Å²) in [4.78, 5) is 8.55. The molecule has 3 nitrogen and oxygen atoms in total. The van der Waals surface area contributed by atoms with E-state index in [-0.39, 0.29) is 5.82 Å². The predicted molar refractivity (Wildman–Crippen MR) is 109 cm³/mol. The van der Waals surface area contributed by atoms with Crippen molar-refractivity contribution in [1.82, 2.24) is 9.88 Å². The first-order valence-corrected chi connectivity index (χ1v) is 9.73. The second-order valence-electron chi connectivity index (χ2n) is 7.40. The van der Waals surface area contributed by atoms with Crippen LogP contribution in [-0.2, 0) is 12.7 Å². The number of hydrogen-bond donors (Lipinski definition) is 0. The zero-order valence-corrected chi connectivity index (χ0v) is 16.2. The molecule has 4 rings (SSSR count). The summed E-state index contributed by atoms with van der Waals surface area (Å²) in [6, 6.07) is 13.8. The molecule has 0 aliphatic carbocycles. The van der Waals surface area contributed by atoms with Crippen LogP contribution >= 0.6 is 0 Å². The molecular weight excluding hydrogens is 394 g/mol. The summed E-state index contributed by atoms with van der Waals surface area (Å²) in [7, 11) is 0. The Morgan fingerprint density at radius 2 is 1.57 bits per heavy atom. The highest BCUT2D eigenvalue weighted by Crippen LogP contribution is 2.32. The number of anilines is 1. The van der Waals surface area contributed by atoms with Crippen molar-refractivity contribution in [2.24, 2.45) is 0 Å². The molecule has 0 amide bonds. The molecule has 1 saturated heterocycles. The third-order valence-electron chi connectivity index (χ3n) is 5.29. The number of halogens is 4. The van der Waals surface area contributed by atoms with Gasteiger partial charge in [-0.1, -0.05) is 18.2 Å². The summed E-state index contributed by atoms with van der Waals surface area (Å²) in [6.07, 6.45) is -0.769. The molecule has 30 heavy (non-hydrogen) atoms. The fourth-order valence-corrected chi connectivity index (χ4v) is 3.68. The van der Waals surface area contributed by atoms with E-state index < -0.39 is 11.7 Å². The standard InChI is InChI=1S/C23H21F4N3/c24-21-6-4-18(5-7-21)19-12-17(14-28-15-19)16-29-8-10-30(11-9-29)22-3-1-2-20(13-22)23(25,26)27/h1-7,12-15H,8-11,16H2. The van der Waals surface area contributed by atoms with Crippen molar-refractivity contribution < 1.29 is 17.6 Å². The molecule has 1 aromatic heterocycles. The minimum atomic E-state index is -4.33. The molecule has 0 saturated carbocycles. The number of alkyl halides is 3. The largest absolute Gasteiger partial charge is 0.416 e. The van der Waals surface area contributed by atoms with E-state index in [9.17, 15) is 17.6 Å². The minimum Gasteiger partial charge on any atom is -0.369 e. The average Bonchev–Trinajstić information content (AvgIpc) is 2.74. The molecule has 1 fully saturated rings. The molecule has 1 aliphatic heterocycles. The van der Waals surface area contributed by atoms with E-state index in [4.69, 9.17) is 0 Å². The lowest BCUT2D eigenvalue weighted by molar-refractivity contribution is -0.137. The van der Waals surface area contributed by atoms with Crippen LogP contribution in [0.25, 0.3) is 11.1 Å². The highest BCUT2D eigenvalue weighted by molar-refractivity contribution is 5.62. The van der Waals surface area contributed by atoms with E-state index in [1.807, 2.05) is 17.2 Å². The van der Waals surface area contributed by atoms with Gasteiger partial charge in [0.25, 0.3) is 0 Å². The number of nitrogens with zero attached hydrogens (tertiary/aromatic N) is 3. The van der Waals surface area contributed by atoms with Gasteiger partial charge in [-0.2, -0.15) is 13.2 Å². The number of piperazine rings is 1. The van der Waals surface area contributed by atoms with E-state index in [1.165, 1.54) is 24.3 Å². The first-order valence-electron chi connectivity index (χ1n) is 9.73. The Bertz CT molecular complexity index is 994. The van der Waals surface area contributed by atoms with Gasteiger partial charge in [-0.3, -0.25) is 9.88 Å². The SMILES string of the molecule is Fc1ccc(-c2cncc(CN3CCN(c4cccc(C(F)(F)F)c4)CC3)c2)cc1. The maximum absolute atomic E-state index is 13.1. The van der Waals surface area contributed by atoms with Gasteiger partial charge in [-0.15, -0.1) is 0 Å². The van der Waals surface area contributed by atoms with Gasteiger partial charge in [0.1, 0.15) is 5.82 Å². The van der Waals surface area contributed by atoms with Crippen molar-refractivity contribution in [2.45, 2.75) is 12.7 Å². The van der Waals surface area contributed by atoms with Crippen molar-refractivity contribution >= 4 is 5.69 Å². The quantitative estimate of drug-likeness (QED) is 0.544. The van der Waals surface area contributed by atoms with Gasteiger partial charge >= 0.3 is 6.18 Å². The maximum Gasteiger partial charge on any atom is 0.416 e. The zero-order valence-electron chi connectivity index (χ0n) is 16.2. The van der Waals surface area contributed by atoms with Crippen LogP contribution < -0.4 is 4.90 Å². The zero-order chi connectivity index (χ0) is 21.1. The summed E-state index contributed by atoms with van der Waals surface area (Å²) < 4.78 is 52.0.